The van der Waals surface area contributed by atoms with E-state index in [0.717, 1.165) is 31.2 Å². The third kappa shape index (κ3) is 5.27. The lowest BCUT2D eigenvalue weighted by Gasteiger charge is -2.32. The van der Waals surface area contributed by atoms with E-state index in [4.69, 9.17) is 26.8 Å². The van der Waals surface area contributed by atoms with Crippen molar-refractivity contribution in [3.05, 3.63) is 81.6 Å². The highest BCUT2D eigenvalue weighted by molar-refractivity contribution is 6.31. The van der Waals surface area contributed by atoms with Crippen LogP contribution in [-0.2, 0) is 15.8 Å². The SMILES string of the molecule is COc1cc(C(=O)NCC(O)(c2nc(-c3ccc(F)cc3)c3c(c2F)[C@@](C)(C(N)=O)CO3)C(F)(F)F)cc2cc(Cl)c(C)nc12. The van der Waals surface area contributed by atoms with Gasteiger partial charge < -0.3 is 25.6 Å². The number of fused-ring (bicyclic) bond motifs is 2. The molecule has 2 atom stereocenters. The number of nitrogens with one attached hydrogen (secondary N) is 1. The maximum absolute atomic E-state index is 16.2. The molecule has 1 aliphatic heterocycles. The molecule has 0 saturated heterocycles. The van der Waals surface area contributed by atoms with E-state index in [0.29, 0.717) is 16.6 Å². The number of hydrogen-bond acceptors (Lipinski definition) is 7. The molecule has 4 aromatic rings. The minimum absolute atomic E-state index is 0.0121. The van der Waals surface area contributed by atoms with Crippen molar-refractivity contribution in [2.45, 2.75) is 31.0 Å². The summed E-state index contributed by atoms with van der Waals surface area (Å²) in [5.41, 5.74) is -2.65. The Bertz CT molecular complexity index is 1870. The second-order valence-corrected chi connectivity index (χ2v) is 11.1. The topological polar surface area (TPSA) is 137 Å². The van der Waals surface area contributed by atoms with Gasteiger partial charge in [-0.25, -0.2) is 18.7 Å². The van der Waals surface area contributed by atoms with Crippen molar-refractivity contribution in [1.82, 2.24) is 15.3 Å². The van der Waals surface area contributed by atoms with Gasteiger partial charge in [0.15, 0.2) is 11.6 Å². The molecule has 1 unspecified atom stereocenters. The van der Waals surface area contributed by atoms with Gasteiger partial charge in [-0.3, -0.25) is 9.59 Å². The third-order valence-electron chi connectivity index (χ3n) is 7.67. The predicted octanol–water partition coefficient (Wildman–Crippen LogP) is 4.86. The zero-order chi connectivity index (χ0) is 33.1. The van der Waals surface area contributed by atoms with Crippen LogP contribution in [0.5, 0.6) is 11.5 Å². The summed E-state index contributed by atoms with van der Waals surface area (Å²) in [5.74, 6) is -4.91. The predicted molar refractivity (Wildman–Crippen MR) is 152 cm³/mol. The Balaban J connectivity index is 1.63. The number of alkyl halides is 3. The van der Waals surface area contributed by atoms with Crippen molar-refractivity contribution in [2.75, 3.05) is 20.3 Å². The maximum atomic E-state index is 16.2. The molecule has 5 rings (SSSR count). The fourth-order valence-corrected chi connectivity index (χ4v) is 5.14. The minimum atomic E-state index is -5.62. The highest BCUT2D eigenvalue weighted by atomic mass is 35.5. The average molecular weight is 651 g/mol. The molecule has 4 N–H and O–H groups in total. The summed E-state index contributed by atoms with van der Waals surface area (Å²) in [6.45, 7) is 0.651. The number of aryl methyl sites for hydroxylation is 1. The number of aromatic nitrogens is 2. The van der Waals surface area contributed by atoms with Crippen molar-refractivity contribution in [3.63, 3.8) is 0 Å². The number of rotatable bonds is 7. The van der Waals surface area contributed by atoms with Gasteiger partial charge in [-0.05, 0) is 56.3 Å². The Kier molecular flexibility index (Phi) is 7.86. The Labute approximate surface area is 257 Å². The van der Waals surface area contributed by atoms with Gasteiger partial charge in [0.05, 0.1) is 29.9 Å². The molecule has 0 bridgehead atoms. The van der Waals surface area contributed by atoms with Crippen molar-refractivity contribution in [3.8, 4) is 22.8 Å². The number of halogens is 6. The first kappa shape index (κ1) is 31.9. The summed E-state index contributed by atoms with van der Waals surface area (Å²) >= 11 is 6.15. The van der Waals surface area contributed by atoms with Crippen LogP contribution < -0.4 is 20.5 Å². The van der Waals surface area contributed by atoms with Gasteiger partial charge in [0, 0.05) is 16.5 Å². The number of primary amides is 1. The Morgan fingerprint density at radius 3 is 2.42 bits per heavy atom. The summed E-state index contributed by atoms with van der Waals surface area (Å²) in [6.07, 6.45) is -5.62. The molecular weight excluding hydrogens is 627 g/mol. The number of nitrogens with two attached hydrogens (primary N) is 1. The van der Waals surface area contributed by atoms with Crippen LogP contribution in [-0.4, -0.2) is 53.3 Å². The molecule has 0 fully saturated rings. The number of aliphatic hydroxyl groups is 1. The van der Waals surface area contributed by atoms with Crippen LogP contribution >= 0.6 is 11.6 Å². The van der Waals surface area contributed by atoms with Gasteiger partial charge in [0.1, 0.15) is 40.5 Å². The maximum Gasteiger partial charge on any atom is 0.424 e. The molecule has 0 aliphatic carbocycles. The molecular formula is C30H24ClF5N4O5. The van der Waals surface area contributed by atoms with Crippen LogP contribution in [0, 0.1) is 18.6 Å². The number of pyridine rings is 2. The molecule has 2 aromatic carbocycles. The lowest BCUT2D eigenvalue weighted by Crippen LogP contribution is -2.52. The molecule has 236 valence electrons. The monoisotopic (exact) mass is 650 g/mol. The van der Waals surface area contributed by atoms with E-state index in [1.165, 1.54) is 25.3 Å². The molecule has 1 aliphatic rings. The van der Waals surface area contributed by atoms with Crippen molar-refractivity contribution >= 4 is 34.3 Å². The number of hydrogen-bond donors (Lipinski definition) is 3. The van der Waals surface area contributed by atoms with Gasteiger partial charge in [-0.1, -0.05) is 11.6 Å². The Morgan fingerprint density at radius 2 is 1.82 bits per heavy atom. The van der Waals surface area contributed by atoms with E-state index >= 15 is 4.39 Å². The zero-order valence-electron chi connectivity index (χ0n) is 23.8. The largest absolute Gasteiger partial charge is 0.494 e. The lowest BCUT2D eigenvalue weighted by atomic mass is 9.81. The van der Waals surface area contributed by atoms with E-state index in [1.54, 1.807) is 6.92 Å². The fraction of sp³-hybridized carbons (Fsp3) is 0.267. The van der Waals surface area contributed by atoms with Crippen LogP contribution in [0.15, 0.2) is 42.5 Å². The number of carbonyl (C=O) groups excluding carboxylic acids is 2. The van der Waals surface area contributed by atoms with Gasteiger partial charge in [-0.15, -0.1) is 0 Å². The molecule has 3 heterocycles. The molecule has 0 saturated carbocycles. The van der Waals surface area contributed by atoms with E-state index in [2.05, 4.69) is 9.97 Å². The smallest absolute Gasteiger partial charge is 0.424 e. The van der Waals surface area contributed by atoms with Crippen LogP contribution in [0.1, 0.15) is 34.2 Å². The fourth-order valence-electron chi connectivity index (χ4n) is 4.98. The highest BCUT2D eigenvalue weighted by Gasteiger charge is 2.60. The summed E-state index contributed by atoms with van der Waals surface area (Å²) in [4.78, 5) is 33.7. The van der Waals surface area contributed by atoms with Crippen molar-refractivity contribution < 1.29 is 46.1 Å². The summed E-state index contributed by atoms with van der Waals surface area (Å²) < 4.78 is 84.7. The lowest BCUT2D eigenvalue weighted by molar-refractivity contribution is -0.266. The van der Waals surface area contributed by atoms with Gasteiger partial charge >= 0.3 is 6.18 Å². The van der Waals surface area contributed by atoms with Crippen molar-refractivity contribution in [1.29, 1.82) is 0 Å². The normalized spacial score (nSPS) is 17.4. The standard InChI is InChI=1S/C30H24ClF5N4O5/c1-13-18(31)9-15-8-16(10-19(44-3)22(15)39-13)26(41)38-11-29(43,30(34,35)36)25-21(33)20-24(45-12-28(20,2)27(37)42)23(40-25)14-4-6-17(32)7-5-14/h4-10,43H,11-12H2,1-3H3,(H2,37,42)(H,38,41)/t28-,29?/m0/s1. The number of nitrogens with zero attached hydrogens (tertiary/aromatic N) is 2. The van der Waals surface area contributed by atoms with E-state index in [1.807, 2.05) is 5.32 Å². The highest BCUT2D eigenvalue weighted by Crippen LogP contribution is 2.49. The molecule has 9 nitrogen and oxygen atoms in total. The van der Waals surface area contributed by atoms with Crippen LogP contribution in [0.4, 0.5) is 22.0 Å². The first-order valence-corrected chi connectivity index (χ1v) is 13.5. The first-order valence-electron chi connectivity index (χ1n) is 13.2. The summed E-state index contributed by atoms with van der Waals surface area (Å²) in [5, 5.41) is 13.8. The van der Waals surface area contributed by atoms with Crippen LogP contribution in [0.25, 0.3) is 22.2 Å². The van der Waals surface area contributed by atoms with E-state index in [9.17, 15) is 32.3 Å². The number of methoxy groups -OCH3 is 1. The number of benzene rings is 2. The minimum Gasteiger partial charge on any atom is -0.494 e. The molecule has 2 amide bonds. The Morgan fingerprint density at radius 1 is 1.16 bits per heavy atom. The third-order valence-corrected chi connectivity index (χ3v) is 8.05. The van der Waals surface area contributed by atoms with Crippen LogP contribution in [0.2, 0.25) is 5.02 Å². The van der Waals surface area contributed by atoms with E-state index in [-0.39, 0.29) is 21.9 Å². The molecule has 15 heteroatoms. The summed E-state index contributed by atoms with van der Waals surface area (Å²) in [7, 11) is 1.30. The zero-order valence-corrected chi connectivity index (χ0v) is 24.5. The van der Waals surface area contributed by atoms with Gasteiger partial charge in [-0.2, -0.15) is 13.2 Å². The van der Waals surface area contributed by atoms with Gasteiger partial charge in [0.25, 0.3) is 5.91 Å². The van der Waals surface area contributed by atoms with Crippen LogP contribution in [0.3, 0.4) is 0 Å². The number of carbonyl (C=O) groups is 2. The van der Waals surface area contributed by atoms with E-state index < -0.39 is 76.5 Å². The quantitative estimate of drug-likeness (QED) is 0.243. The first-order chi connectivity index (χ1) is 21.0. The second kappa shape index (κ2) is 11.1. The van der Waals surface area contributed by atoms with Gasteiger partial charge in [0.2, 0.25) is 11.5 Å². The molecule has 2 aromatic heterocycles. The molecule has 0 radical (unpaired) electrons. The number of ether oxygens (including phenoxy) is 2. The second-order valence-electron chi connectivity index (χ2n) is 10.7. The number of amides is 2. The summed E-state index contributed by atoms with van der Waals surface area (Å²) in [6, 6.07) is 8.26. The average Bonchev–Trinajstić information content (AvgIpc) is 3.35. The Hall–Kier alpha value is -4.56. The molecule has 0 spiro atoms. The molecule has 45 heavy (non-hydrogen) atoms. The van der Waals surface area contributed by atoms with Crippen molar-refractivity contribution in [2.24, 2.45) is 5.73 Å².